The molecule has 0 amide bonds. The Bertz CT molecular complexity index is 1000. The Morgan fingerprint density at radius 1 is 1.28 bits per heavy atom. The minimum atomic E-state index is -0.558. The van der Waals surface area contributed by atoms with E-state index in [1.165, 1.54) is 0 Å². The largest absolute Gasteiger partial charge is 0.492 e. The number of aryl methyl sites for hydroxylation is 1. The molecule has 29 heavy (non-hydrogen) atoms. The summed E-state index contributed by atoms with van der Waals surface area (Å²) in [6.07, 6.45) is 7.79. The van der Waals surface area contributed by atoms with Crippen molar-refractivity contribution in [3.05, 3.63) is 45.4 Å². The van der Waals surface area contributed by atoms with Gasteiger partial charge in [0.25, 0.3) is 0 Å². The third-order valence-corrected chi connectivity index (χ3v) is 6.10. The molecule has 0 atom stereocenters. The highest BCUT2D eigenvalue weighted by atomic mass is 16.5. The van der Waals surface area contributed by atoms with Crippen LogP contribution >= 0.6 is 0 Å². The summed E-state index contributed by atoms with van der Waals surface area (Å²) in [6, 6.07) is 3.65. The third kappa shape index (κ3) is 3.34. The second-order valence-electron chi connectivity index (χ2n) is 8.06. The highest BCUT2D eigenvalue weighted by Crippen LogP contribution is 2.48. The van der Waals surface area contributed by atoms with E-state index in [4.69, 9.17) is 14.5 Å². The van der Waals surface area contributed by atoms with Crippen LogP contribution in [0.5, 0.6) is 5.75 Å². The molecule has 0 radical (unpaired) electrons. The second kappa shape index (κ2) is 7.65. The van der Waals surface area contributed by atoms with Gasteiger partial charge in [-0.25, -0.2) is 9.78 Å². The number of carbonyl (C=O) groups is 1. The molecule has 154 valence electrons. The first-order chi connectivity index (χ1) is 14.0. The second-order valence-corrected chi connectivity index (χ2v) is 8.06. The van der Waals surface area contributed by atoms with Crippen molar-refractivity contribution in [2.75, 3.05) is 13.2 Å². The number of unbranched alkanes of at least 4 members (excludes halogenated alkanes) is 1. The SMILES string of the molecule is CCCCOc1cc2c(nc1C)-c1cc(=O)c(C(=O)OCC)cn1C1(CCC1)C2. The summed E-state index contributed by atoms with van der Waals surface area (Å²) < 4.78 is 13.2. The monoisotopic (exact) mass is 396 g/mol. The Morgan fingerprint density at radius 2 is 2.07 bits per heavy atom. The van der Waals surface area contributed by atoms with Gasteiger partial charge in [-0.05, 0) is 57.6 Å². The Kier molecular flexibility index (Phi) is 5.19. The standard InChI is InChI=1S/C23H28N2O4/c1-4-6-10-29-20-11-16-13-23(8-7-9-23)25-14-17(22(27)28-5-2)19(26)12-18(25)21(16)24-15(20)3/h11-12,14H,4-10,13H2,1-3H3. The average molecular weight is 396 g/mol. The van der Waals surface area contributed by atoms with Crippen molar-refractivity contribution in [2.45, 2.75) is 64.8 Å². The van der Waals surface area contributed by atoms with E-state index >= 15 is 0 Å². The van der Waals surface area contributed by atoms with E-state index in [1.54, 1.807) is 19.2 Å². The lowest BCUT2D eigenvalue weighted by molar-refractivity contribution is 0.0521. The van der Waals surface area contributed by atoms with Crippen molar-refractivity contribution in [2.24, 2.45) is 0 Å². The molecule has 1 aliphatic heterocycles. The summed E-state index contributed by atoms with van der Waals surface area (Å²) in [7, 11) is 0. The smallest absolute Gasteiger partial charge is 0.343 e. The van der Waals surface area contributed by atoms with E-state index < -0.39 is 5.97 Å². The molecular weight excluding hydrogens is 368 g/mol. The minimum Gasteiger partial charge on any atom is -0.492 e. The molecule has 0 aromatic carbocycles. The lowest BCUT2D eigenvalue weighted by atomic mass is 9.70. The normalized spacial score (nSPS) is 16.0. The molecule has 4 rings (SSSR count). The van der Waals surface area contributed by atoms with Gasteiger partial charge in [0.15, 0.2) is 5.43 Å². The number of pyridine rings is 2. The zero-order valence-electron chi connectivity index (χ0n) is 17.4. The summed E-state index contributed by atoms with van der Waals surface area (Å²) in [5.74, 6) is 0.266. The van der Waals surface area contributed by atoms with Crippen molar-refractivity contribution in [3.63, 3.8) is 0 Å². The maximum absolute atomic E-state index is 12.7. The molecule has 2 aromatic heterocycles. The summed E-state index contributed by atoms with van der Waals surface area (Å²) in [5.41, 5.74) is 3.21. The minimum absolute atomic E-state index is 0.0987. The van der Waals surface area contributed by atoms with Gasteiger partial charge in [-0.1, -0.05) is 13.3 Å². The van der Waals surface area contributed by atoms with Crippen LogP contribution in [-0.2, 0) is 16.7 Å². The van der Waals surface area contributed by atoms with Crippen LogP contribution in [0.3, 0.4) is 0 Å². The van der Waals surface area contributed by atoms with Crippen LogP contribution in [0.15, 0.2) is 23.1 Å². The van der Waals surface area contributed by atoms with Crippen molar-refractivity contribution in [1.82, 2.24) is 9.55 Å². The molecule has 1 spiro atoms. The maximum Gasteiger partial charge on any atom is 0.343 e. The summed E-state index contributed by atoms with van der Waals surface area (Å²) in [4.78, 5) is 29.8. The van der Waals surface area contributed by atoms with E-state index in [0.717, 1.165) is 66.9 Å². The first kappa shape index (κ1) is 19.7. The van der Waals surface area contributed by atoms with Gasteiger partial charge in [-0.3, -0.25) is 4.79 Å². The third-order valence-electron chi connectivity index (χ3n) is 6.10. The van der Waals surface area contributed by atoms with Crippen molar-refractivity contribution in [3.8, 4) is 17.1 Å². The number of fused-ring (bicyclic) bond motifs is 4. The Balaban J connectivity index is 1.82. The molecule has 6 heteroatoms. The fraction of sp³-hybridized carbons (Fsp3) is 0.522. The lowest BCUT2D eigenvalue weighted by Gasteiger charge is -2.48. The molecule has 6 nitrogen and oxygen atoms in total. The van der Waals surface area contributed by atoms with Crippen LogP contribution in [-0.4, -0.2) is 28.7 Å². The van der Waals surface area contributed by atoms with E-state index in [2.05, 4.69) is 17.6 Å². The number of hydrogen-bond acceptors (Lipinski definition) is 5. The number of rotatable bonds is 6. The molecule has 1 fully saturated rings. The van der Waals surface area contributed by atoms with Crippen molar-refractivity contribution >= 4 is 5.97 Å². The van der Waals surface area contributed by atoms with Crippen molar-refractivity contribution < 1.29 is 14.3 Å². The number of ether oxygens (including phenoxy) is 2. The van der Waals surface area contributed by atoms with E-state index in [9.17, 15) is 9.59 Å². The Morgan fingerprint density at radius 3 is 2.72 bits per heavy atom. The predicted molar refractivity (Wildman–Crippen MR) is 111 cm³/mol. The topological polar surface area (TPSA) is 70.4 Å². The summed E-state index contributed by atoms with van der Waals surface area (Å²) >= 11 is 0. The van der Waals surface area contributed by atoms with Crippen LogP contribution in [0.4, 0.5) is 0 Å². The average Bonchev–Trinajstić information content (AvgIpc) is 2.66. The van der Waals surface area contributed by atoms with Crippen LogP contribution in [0.1, 0.15) is 67.6 Å². The number of esters is 1. The molecule has 2 aliphatic rings. The number of aromatic nitrogens is 2. The Hall–Kier alpha value is -2.63. The number of hydrogen-bond donors (Lipinski definition) is 0. The van der Waals surface area contributed by atoms with Gasteiger partial charge in [0, 0.05) is 17.8 Å². The van der Waals surface area contributed by atoms with E-state index in [1.807, 2.05) is 6.92 Å². The lowest BCUT2D eigenvalue weighted by Crippen LogP contribution is -2.46. The van der Waals surface area contributed by atoms with Crippen LogP contribution in [0, 0.1) is 6.92 Å². The first-order valence-electron chi connectivity index (χ1n) is 10.6. The van der Waals surface area contributed by atoms with Gasteiger partial charge in [-0.15, -0.1) is 0 Å². The van der Waals surface area contributed by atoms with Gasteiger partial charge in [-0.2, -0.15) is 0 Å². The van der Waals surface area contributed by atoms with Gasteiger partial charge in [0.1, 0.15) is 11.3 Å². The molecular formula is C23H28N2O4. The molecule has 0 saturated heterocycles. The quantitative estimate of drug-likeness (QED) is 0.545. The molecule has 3 heterocycles. The highest BCUT2D eigenvalue weighted by Gasteiger charge is 2.44. The van der Waals surface area contributed by atoms with Gasteiger partial charge < -0.3 is 14.0 Å². The van der Waals surface area contributed by atoms with Crippen LogP contribution in [0.2, 0.25) is 0 Å². The maximum atomic E-state index is 12.7. The van der Waals surface area contributed by atoms with E-state index in [0.29, 0.717) is 6.61 Å². The van der Waals surface area contributed by atoms with Gasteiger partial charge in [0.05, 0.1) is 30.3 Å². The van der Waals surface area contributed by atoms with Crippen molar-refractivity contribution in [1.29, 1.82) is 0 Å². The molecule has 0 bridgehead atoms. The number of carbonyl (C=O) groups excluding carboxylic acids is 1. The fourth-order valence-electron chi connectivity index (χ4n) is 4.37. The molecule has 1 aliphatic carbocycles. The fourth-order valence-corrected chi connectivity index (χ4v) is 4.37. The van der Waals surface area contributed by atoms with Crippen LogP contribution in [0.25, 0.3) is 11.4 Å². The highest BCUT2D eigenvalue weighted by molar-refractivity contribution is 5.89. The number of nitrogens with zero attached hydrogens (tertiary/aromatic N) is 2. The first-order valence-corrected chi connectivity index (χ1v) is 10.6. The van der Waals surface area contributed by atoms with E-state index in [-0.39, 0.29) is 23.1 Å². The molecule has 2 aromatic rings. The van der Waals surface area contributed by atoms with Crippen LogP contribution < -0.4 is 10.2 Å². The zero-order chi connectivity index (χ0) is 20.6. The summed E-state index contributed by atoms with van der Waals surface area (Å²) in [6.45, 7) is 6.74. The zero-order valence-corrected chi connectivity index (χ0v) is 17.4. The molecule has 0 unspecified atom stereocenters. The summed E-state index contributed by atoms with van der Waals surface area (Å²) in [5, 5.41) is 0. The van der Waals surface area contributed by atoms with Gasteiger partial charge >= 0.3 is 5.97 Å². The Labute approximate surface area is 170 Å². The molecule has 0 N–H and O–H groups in total. The van der Waals surface area contributed by atoms with Gasteiger partial charge in [0.2, 0.25) is 0 Å². The molecule has 1 saturated carbocycles. The predicted octanol–water partition coefficient (Wildman–Crippen LogP) is 4.01.